The molecule has 0 radical (unpaired) electrons. The van der Waals surface area contributed by atoms with Crippen LogP contribution in [0.5, 0.6) is 0 Å². The summed E-state index contributed by atoms with van der Waals surface area (Å²) in [6.07, 6.45) is 5.94. The number of para-hydroxylation sites is 1. The number of fused-ring (bicyclic) bond motifs is 2. The van der Waals surface area contributed by atoms with Gasteiger partial charge in [0.2, 0.25) is 0 Å². The topological polar surface area (TPSA) is 20.3 Å². The molecule has 4 rings (SSSR count). The largest absolute Gasteiger partial charge is 0.347 e. The highest BCUT2D eigenvalue weighted by Crippen LogP contribution is 2.46. The molecular formula is C23H23NO. The van der Waals surface area contributed by atoms with E-state index >= 15 is 0 Å². The summed E-state index contributed by atoms with van der Waals surface area (Å²) in [6, 6.07) is 16.5. The first-order chi connectivity index (χ1) is 12.0. The number of Topliss-reactive ketones (excluding diaryl/α,β-unsaturated/α-hetero) is 1. The monoisotopic (exact) mass is 329 g/mol. The minimum Gasteiger partial charge on any atom is -0.347 e. The van der Waals surface area contributed by atoms with Gasteiger partial charge in [-0.05, 0) is 36.1 Å². The van der Waals surface area contributed by atoms with E-state index in [1.54, 1.807) is 0 Å². The van der Waals surface area contributed by atoms with E-state index < -0.39 is 0 Å². The fourth-order valence-electron chi connectivity index (χ4n) is 4.16. The van der Waals surface area contributed by atoms with Gasteiger partial charge in [-0.3, -0.25) is 4.79 Å². The van der Waals surface area contributed by atoms with Crippen LogP contribution < -0.4 is 4.90 Å². The fraction of sp³-hybridized carbons (Fsp3) is 0.261. The second-order valence-corrected chi connectivity index (χ2v) is 7.43. The first kappa shape index (κ1) is 15.9. The van der Waals surface area contributed by atoms with Gasteiger partial charge in [-0.25, -0.2) is 0 Å². The van der Waals surface area contributed by atoms with Crippen LogP contribution in [0.25, 0.3) is 0 Å². The Kier molecular flexibility index (Phi) is 3.64. The maximum absolute atomic E-state index is 12.8. The Morgan fingerprint density at radius 2 is 1.68 bits per heavy atom. The van der Waals surface area contributed by atoms with E-state index in [0.717, 1.165) is 24.0 Å². The normalized spacial score (nSPS) is 21.6. The summed E-state index contributed by atoms with van der Waals surface area (Å²) in [5, 5.41) is 0. The third kappa shape index (κ3) is 2.44. The van der Waals surface area contributed by atoms with Crippen LogP contribution in [0.3, 0.4) is 0 Å². The van der Waals surface area contributed by atoms with Crippen molar-refractivity contribution in [3.05, 3.63) is 88.6 Å². The summed E-state index contributed by atoms with van der Waals surface area (Å²) in [4.78, 5) is 15.0. The second kappa shape index (κ2) is 5.73. The standard InChI is InChI=1S/C23H23NO/c1-23(2)19-10-6-7-11-20(19)24(3)21(23)15-14-17-13-12-16-8-4-5-9-18(16)22(17)25/h4-11,14-15H,12-13H2,1-3H3/b17-14+,21-15+. The summed E-state index contributed by atoms with van der Waals surface area (Å²) in [5.74, 6) is 0.176. The Bertz CT molecular complexity index is 917. The Labute approximate surface area is 149 Å². The smallest absolute Gasteiger partial charge is 0.189 e. The number of benzene rings is 2. The molecule has 0 atom stereocenters. The first-order valence-corrected chi connectivity index (χ1v) is 8.87. The van der Waals surface area contributed by atoms with E-state index in [9.17, 15) is 4.79 Å². The molecule has 126 valence electrons. The number of aryl methyl sites for hydroxylation is 1. The summed E-state index contributed by atoms with van der Waals surface area (Å²) in [7, 11) is 2.11. The number of rotatable bonds is 1. The Morgan fingerprint density at radius 3 is 2.48 bits per heavy atom. The number of carbonyl (C=O) groups is 1. The van der Waals surface area contributed by atoms with Crippen LogP contribution in [-0.4, -0.2) is 12.8 Å². The van der Waals surface area contributed by atoms with Crippen LogP contribution in [0.15, 0.2) is 72.0 Å². The highest BCUT2D eigenvalue weighted by molar-refractivity contribution is 6.10. The van der Waals surface area contributed by atoms with Crippen molar-refractivity contribution in [3.8, 4) is 0 Å². The lowest BCUT2D eigenvalue weighted by molar-refractivity contribution is 0.102. The minimum absolute atomic E-state index is 0.0575. The number of likely N-dealkylation sites (N-methyl/N-ethyl adjacent to an activating group) is 1. The molecule has 2 heteroatoms. The van der Waals surface area contributed by atoms with Gasteiger partial charge in [0.15, 0.2) is 5.78 Å². The van der Waals surface area contributed by atoms with Crippen molar-refractivity contribution in [1.82, 2.24) is 0 Å². The van der Waals surface area contributed by atoms with E-state index in [-0.39, 0.29) is 11.2 Å². The molecule has 0 unspecified atom stereocenters. The molecule has 0 amide bonds. The summed E-state index contributed by atoms with van der Waals surface area (Å²) in [6.45, 7) is 4.50. The third-order valence-electron chi connectivity index (χ3n) is 5.60. The van der Waals surface area contributed by atoms with Crippen LogP contribution in [0, 0.1) is 0 Å². The molecule has 1 heterocycles. The van der Waals surface area contributed by atoms with Crippen molar-refractivity contribution >= 4 is 11.5 Å². The van der Waals surface area contributed by atoms with Gasteiger partial charge in [0.05, 0.1) is 0 Å². The molecule has 0 N–H and O–H groups in total. The van der Waals surface area contributed by atoms with Gasteiger partial charge in [0.1, 0.15) is 0 Å². The number of hydrogen-bond donors (Lipinski definition) is 0. The van der Waals surface area contributed by atoms with E-state index in [1.807, 2.05) is 24.3 Å². The van der Waals surface area contributed by atoms with Gasteiger partial charge in [-0.2, -0.15) is 0 Å². The van der Waals surface area contributed by atoms with Crippen LogP contribution in [0.4, 0.5) is 5.69 Å². The number of allylic oxidation sites excluding steroid dienone is 4. The number of carbonyl (C=O) groups excluding carboxylic acids is 1. The van der Waals surface area contributed by atoms with Gasteiger partial charge in [-0.1, -0.05) is 62.4 Å². The van der Waals surface area contributed by atoms with Gasteiger partial charge < -0.3 is 4.90 Å². The molecule has 0 saturated carbocycles. The van der Waals surface area contributed by atoms with Gasteiger partial charge in [-0.15, -0.1) is 0 Å². The molecule has 2 aliphatic rings. The molecule has 25 heavy (non-hydrogen) atoms. The minimum atomic E-state index is -0.0575. The molecule has 2 aromatic carbocycles. The van der Waals surface area contributed by atoms with Crippen molar-refractivity contribution in [2.45, 2.75) is 32.1 Å². The van der Waals surface area contributed by atoms with Crippen molar-refractivity contribution in [2.24, 2.45) is 0 Å². The maximum Gasteiger partial charge on any atom is 0.189 e. The van der Waals surface area contributed by atoms with Crippen molar-refractivity contribution in [2.75, 3.05) is 11.9 Å². The van der Waals surface area contributed by atoms with Crippen molar-refractivity contribution in [3.63, 3.8) is 0 Å². The molecule has 1 aliphatic carbocycles. The Morgan fingerprint density at radius 1 is 0.960 bits per heavy atom. The lowest BCUT2D eigenvalue weighted by atomic mass is 9.83. The molecule has 0 fully saturated rings. The zero-order valence-electron chi connectivity index (χ0n) is 15.0. The molecule has 0 bridgehead atoms. The molecule has 2 aromatic rings. The highest BCUT2D eigenvalue weighted by Gasteiger charge is 2.37. The molecule has 0 spiro atoms. The highest BCUT2D eigenvalue weighted by atomic mass is 16.1. The number of nitrogens with zero attached hydrogens (tertiary/aromatic N) is 1. The van der Waals surface area contributed by atoms with Gasteiger partial charge in [0, 0.05) is 35.0 Å². The lowest BCUT2D eigenvalue weighted by Crippen LogP contribution is -2.22. The van der Waals surface area contributed by atoms with Crippen LogP contribution >= 0.6 is 0 Å². The van der Waals surface area contributed by atoms with Crippen molar-refractivity contribution in [1.29, 1.82) is 0 Å². The second-order valence-electron chi connectivity index (χ2n) is 7.43. The number of anilines is 1. The molecule has 0 aromatic heterocycles. The summed E-state index contributed by atoms with van der Waals surface area (Å²) >= 11 is 0. The maximum atomic E-state index is 12.8. The predicted molar refractivity (Wildman–Crippen MR) is 103 cm³/mol. The molecule has 0 saturated heterocycles. The van der Waals surface area contributed by atoms with Crippen molar-refractivity contribution < 1.29 is 4.79 Å². The summed E-state index contributed by atoms with van der Waals surface area (Å²) < 4.78 is 0. The van der Waals surface area contributed by atoms with Gasteiger partial charge >= 0.3 is 0 Å². The van der Waals surface area contributed by atoms with E-state index in [1.165, 1.54) is 22.5 Å². The third-order valence-corrected chi connectivity index (χ3v) is 5.60. The summed E-state index contributed by atoms with van der Waals surface area (Å²) in [5.41, 5.74) is 6.70. The number of hydrogen-bond acceptors (Lipinski definition) is 2. The van der Waals surface area contributed by atoms with Crippen LogP contribution in [0.2, 0.25) is 0 Å². The Hall–Kier alpha value is -2.61. The predicted octanol–water partition coefficient (Wildman–Crippen LogP) is 5.05. The van der Waals surface area contributed by atoms with E-state index in [0.29, 0.717) is 0 Å². The fourth-order valence-corrected chi connectivity index (χ4v) is 4.16. The zero-order chi connectivity index (χ0) is 17.6. The van der Waals surface area contributed by atoms with E-state index in [4.69, 9.17) is 0 Å². The SMILES string of the molecule is CN1/C(=C/C=C2\CCc3ccccc3C2=O)C(C)(C)c2ccccc21. The zero-order valence-corrected chi connectivity index (χ0v) is 15.0. The van der Waals surface area contributed by atoms with Crippen LogP contribution in [0.1, 0.15) is 41.8 Å². The van der Waals surface area contributed by atoms with Crippen LogP contribution in [-0.2, 0) is 11.8 Å². The van der Waals surface area contributed by atoms with Gasteiger partial charge in [0.25, 0.3) is 0 Å². The lowest BCUT2D eigenvalue weighted by Gasteiger charge is -2.24. The van der Waals surface area contributed by atoms with E-state index in [2.05, 4.69) is 62.2 Å². The first-order valence-electron chi connectivity index (χ1n) is 8.87. The number of ketones is 1. The molecular weight excluding hydrogens is 306 g/mol. The molecule has 2 nitrogen and oxygen atoms in total. The quantitative estimate of drug-likeness (QED) is 0.682. The average Bonchev–Trinajstić information content (AvgIpc) is 2.82. The average molecular weight is 329 g/mol. The molecule has 1 aliphatic heterocycles. The Balaban J connectivity index is 1.71.